The van der Waals surface area contributed by atoms with Gasteiger partial charge in [0.1, 0.15) is 0 Å². The number of rotatable bonds is 0. The second-order valence-electron chi connectivity index (χ2n) is 1.84. The number of ether oxygens (including phenoxy) is 1. The Kier molecular flexibility index (Phi) is 1.28. The Morgan fingerprint density at radius 2 is 2.57 bits per heavy atom. The molecule has 0 aromatic carbocycles. The van der Waals surface area contributed by atoms with Crippen molar-refractivity contribution in [3.63, 3.8) is 0 Å². The summed E-state index contributed by atoms with van der Waals surface area (Å²) in [6.45, 7) is 2.04. The molecule has 2 heteroatoms. The van der Waals surface area contributed by atoms with Gasteiger partial charge in [0.05, 0.1) is 6.10 Å². The molecule has 1 atom stereocenters. The summed E-state index contributed by atoms with van der Waals surface area (Å²) < 4.78 is 5.09. The molecule has 40 valence electrons. The fourth-order valence-electron chi connectivity index (χ4n) is 0.663. The Bertz CT molecular complexity index is 90.1. The third-order valence-corrected chi connectivity index (χ3v) is 1.39. The van der Waals surface area contributed by atoms with Crippen molar-refractivity contribution >= 4 is 17.3 Å². The molecule has 0 aliphatic carbocycles. The lowest BCUT2D eigenvalue weighted by molar-refractivity contribution is 0.245. The topological polar surface area (TPSA) is 9.23 Å². The van der Waals surface area contributed by atoms with E-state index in [2.05, 4.69) is 0 Å². The van der Waals surface area contributed by atoms with Crippen LogP contribution in [0.5, 0.6) is 0 Å². The minimum Gasteiger partial charge on any atom is -0.484 e. The van der Waals surface area contributed by atoms with Crippen LogP contribution in [0.4, 0.5) is 0 Å². The molecule has 1 fully saturated rings. The van der Waals surface area contributed by atoms with E-state index in [1.165, 1.54) is 0 Å². The molecule has 0 N–H and O–H groups in total. The Morgan fingerprint density at radius 3 is 2.71 bits per heavy atom. The highest BCUT2D eigenvalue weighted by Gasteiger charge is 2.14. The van der Waals surface area contributed by atoms with Gasteiger partial charge < -0.3 is 4.74 Å². The predicted octanol–water partition coefficient (Wildman–Crippen LogP) is 1.51. The van der Waals surface area contributed by atoms with Crippen molar-refractivity contribution in [2.45, 2.75) is 25.9 Å². The Balaban J connectivity index is 2.40. The van der Waals surface area contributed by atoms with E-state index in [1.807, 2.05) is 6.92 Å². The molecule has 0 bridgehead atoms. The van der Waals surface area contributed by atoms with Gasteiger partial charge in [0.15, 0.2) is 5.05 Å². The second-order valence-corrected chi connectivity index (χ2v) is 2.29. The van der Waals surface area contributed by atoms with Crippen LogP contribution in [0.2, 0.25) is 0 Å². The highest BCUT2D eigenvalue weighted by molar-refractivity contribution is 7.80. The summed E-state index contributed by atoms with van der Waals surface area (Å²) in [6.07, 6.45) is 2.47. The average Bonchev–Trinajstić information content (AvgIpc) is 1.87. The molecule has 1 nitrogen and oxygen atoms in total. The smallest absolute Gasteiger partial charge is 0.160 e. The molecule has 1 aliphatic rings. The van der Waals surface area contributed by atoms with Crippen LogP contribution in [0.25, 0.3) is 0 Å². The van der Waals surface area contributed by atoms with E-state index >= 15 is 0 Å². The maximum absolute atomic E-state index is 5.09. The second kappa shape index (κ2) is 1.78. The van der Waals surface area contributed by atoms with Gasteiger partial charge in [0.2, 0.25) is 0 Å². The van der Waals surface area contributed by atoms with Crippen LogP contribution in [-0.2, 0) is 4.74 Å². The van der Waals surface area contributed by atoms with Crippen LogP contribution in [0.1, 0.15) is 19.8 Å². The number of hydrogen-bond acceptors (Lipinski definition) is 2. The zero-order valence-corrected chi connectivity index (χ0v) is 5.12. The minimum absolute atomic E-state index is 0.382. The minimum atomic E-state index is 0.382. The van der Waals surface area contributed by atoms with E-state index in [9.17, 15) is 0 Å². The molecule has 1 heterocycles. The van der Waals surface area contributed by atoms with E-state index < -0.39 is 0 Å². The molecular weight excluding hydrogens is 108 g/mol. The SMILES string of the molecule is CC1CCC(=S)O1. The first kappa shape index (κ1) is 5.04. The zero-order valence-electron chi connectivity index (χ0n) is 4.31. The van der Waals surface area contributed by atoms with Crippen LogP contribution >= 0.6 is 12.2 Å². The van der Waals surface area contributed by atoms with Crippen molar-refractivity contribution in [3.8, 4) is 0 Å². The van der Waals surface area contributed by atoms with Gasteiger partial charge in [0.25, 0.3) is 0 Å². The summed E-state index contributed by atoms with van der Waals surface area (Å²) in [5, 5.41) is 0.785. The fraction of sp³-hybridized carbons (Fsp3) is 0.800. The van der Waals surface area contributed by atoms with Gasteiger partial charge in [-0.15, -0.1) is 0 Å². The Hall–Kier alpha value is -0.110. The highest BCUT2D eigenvalue weighted by atomic mass is 32.1. The van der Waals surface area contributed by atoms with Crippen LogP contribution < -0.4 is 0 Å². The third-order valence-electron chi connectivity index (χ3n) is 1.09. The first-order chi connectivity index (χ1) is 3.29. The van der Waals surface area contributed by atoms with Crippen molar-refractivity contribution in [3.05, 3.63) is 0 Å². The van der Waals surface area contributed by atoms with Crippen molar-refractivity contribution < 1.29 is 4.74 Å². The molecule has 1 saturated heterocycles. The first-order valence-corrected chi connectivity index (χ1v) is 2.89. The lowest BCUT2D eigenvalue weighted by Crippen LogP contribution is -1.97. The molecule has 1 aliphatic heterocycles. The molecule has 1 unspecified atom stereocenters. The number of hydrogen-bond donors (Lipinski definition) is 0. The largest absolute Gasteiger partial charge is 0.484 e. The van der Waals surface area contributed by atoms with E-state index in [0.29, 0.717) is 6.10 Å². The van der Waals surface area contributed by atoms with Gasteiger partial charge in [-0.05, 0) is 25.6 Å². The maximum Gasteiger partial charge on any atom is 0.160 e. The van der Waals surface area contributed by atoms with Gasteiger partial charge in [-0.3, -0.25) is 0 Å². The normalized spacial score (nSPS) is 30.4. The van der Waals surface area contributed by atoms with Gasteiger partial charge >= 0.3 is 0 Å². The first-order valence-electron chi connectivity index (χ1n) is 2.48. The van der Waals surface area contributed by atoms with Crippen LogP contribution in [0.3, 0.4) is 0 Å². The quantitative estimate of drug-likeness (QED) is 0.444. The molecule has 0 amide bonds. The molecule has 0 aromatic heterocycles. The summed E-state index contributed by atoms with van der Waals surface area (Å²) in [5.74, 6) is 0. The van der Waals surface area contributed by atoms with E-state index in [-0.39, 0.29) is 0 Å². The van der Waals surface area contributed by atoms with Gasteiger partial charge in [-0.25, -0.2) is 0 Å². The third kappa shape index (κ3) is 1.13. The van der Waals surface area contributed by atoms with Crippen molar-refractivity contribution in [2.24, 2.45) is 0 Å². The fourth-order valence-corrected chi connectivity index (χ4v) is 0.945. The summed E-state index contributed by atoms with van der Waals surface area (Å²) in [6, 6.07) is 0. The monoisotopic (exact) mass is 116 g/mol. The molecule has 1 rings (SSSR count). The summed E-state index contributed by atoms with van der Waals surface area (Å²) in [5.41, 5.74) is 0. The van der Waals surface area contributed by atoms with Crippen LogP contribution in [0.15, 0.2) is 0 Å². The Labute approximate surface area is 48.7 Å². The average molecular weight is 116 g/mol. The van der Waals surface area contributed by atoms with Gasteiger partial charge in [-0.1, -0.05) is 0 Å². The standard InChI is InChI=1S/C5H8OS/c1-4-2-3-5(7)6-4/h4H,2-3H2,1H3. The molecular formula is C5H8OS. The molecule has 0 spiro atoms. The summed E-state index contributed by atoms with van der Waals surface area (Å²) in [7, 11) is 0. The molecule has 0 saturated carbocycles. The van der Waals surface area contributed by atoms with Crippen molar-refractivity contribution in [1.82, 2.24) is 0 Å². The lowest BCUT2D eigenvalue weighted by atomic mass is 10.3. The molecule has 0 radical (unpaired) electrons. The lowest BCUT2D eigenvalue weighted by Gasteiger charge is -1.97. The van der Waals surface area contributed by atoms with Gasteiger partial charge in [0, 0.05) is 6.42 Å². The van der Waals surface area contributed by atoms with Crippen molar-refractivity contribution in [2.75, 3.05) is 0 Å². The predicted molar refractivity (Wildman–Crippen MR) is 32.4 cm³/mol. The zero-order chi connectivity index (χ0) is 5.28. The summed E-state index contributed by atoms with van der Waals surface area (Å²) >= 11 is 4.77. The molecule has 0 aromatic rings. The van der Waals surface area contributed by atoms with E-state index in [1.54, 1.807) is 0 Å². The van der Waals surface area contributed by atoms with E-state index in [0.717, 1.165) is 17.9 Å². The Morgan fingerprint density at radius 1 is 1.86 bits per heavy atom. The summed E-state index contributed by atoms with van der Waals surface area (Å²) in [4.78, 5) is 0. The highest BCUT2D eigenvalue weighted by Crippen LogP contribution is 2.13. The van der Waals surface area contributed by atoms with Crippen LogP contribution in [0, 0.1) is 0 Å². The molecule has 7 heavy (non-hydrogen) atoms. The van der Waals surface area contributed by atoms with Gasteiger partial charge in [-0.2, -0.15) is 0 Å². The maximum atomic E-state index is 5.09. The van der Waals surface area contributed by atoms with Crippen molar-refractivity contribution in [1.29, 1.82) is 0 Å². The van der Waals surface area contributed by atoms with Crippen LogP contribution in [-0.4, -0.2) is 11.2 Å². The number of thiocarbonyl (C=S) groups is 1. The van der Waals surface area contributed by atoms with E-state index in [4.69, 9.17) is 17.0 Å².